The summed E-state index contributed by atoms with van der Waals surface area (Å²) in [4.78, 5) is 0. The molecule has 0 aliphatic heterocycles. The summed E-state index contributed by atoms with van der Waals surface area (Å²) in [5, 5.41) is 0. The lowest BCUT2D eigenvalue weighted by atomic mass is 10.0. The first-order valence-electron chi connectivity index (χ1n) is 6.15. The molecule has 0 heterocycles. The first-order valence-corrected chi connectivity index (χ1v) is 6.15. The van der Waals surface area contributed by atoms with Gasteiger partial charge in [0, 0.05) is 13.2 Å². The van der Waals surface area contributed by atoms with Crippen molar-refractivity contribution in [3.05, 3.63) is 29.8 Å². The van der Waals surface area contributed by atoms with E-state index in [-0.39, 0.29) is 12.1 Å². The topological polar surface area (TPSA) is 44.5 Å². The van der Waals surface area contributed by atoms with E-state index in [0.717, 1.165) is 18.6 Å². The highest BCUT2D eigenvalue weighted by atomic mass is 16.5. The van der Waals surface area contributed by atoms with Crippen LogP contribution in [-0.4, -0.2) is 25.9 Å². The van der Waals surface area contributed by atoms with E-state index in [1.165, 1.54) is 5.56 Å². The van der Waals surface area contributed by atoms with Crippen LogP contribution in [0, 0.1) is 0 Å². The zero-order valence-electron chi connectivity index (χ0n) is 11.0. The number of hydrogen-bond donors (Lipinski definition) is 1. The SMILES string of the molecule is CCC(N)Cc1ccc(OC(C)COC)cc1. The second kappa shape index (κ2) is 7.30. The van der Waals surface area contributed by atoms with Crippen LogP contribution in [0.4, 0.5) is 0 Å². The molecule has 2 unspecified atom stereocenters. The highest BCUT2D eigenvalue weighted by molar-refractivity contribution is 5.27. The summed E-state index contributed by atoms with van der Waals surface area (Å²) in [6, 6.07) is 8.37. The molecule has 0 aliphatic carbocycles. The fraction of sp³-hybridized carbons (Fsp3) is 0.571. The summed E-state index contributed by atoms with van der Waals surface area (Å²) >= 11 is 0. The summed E-state index contributed by atoms with van der Waals surface area (Å²) < 4.78 is 10.7. The third-order valence-corrected chi connectivity index (χ3v) is 2.68. The van der Waals surface area contributed by atoms with E-state index in [1.54, 1.807) is 7.11 Å². The van der Waals surface area contributed by atoms with E-state index < -0.39 is 0 Å². The first kappa shape index (κ1) is 14.0. The maximum absolute atomic E-state index is 5.92. The van der Waals surface area contributed by atoms with Crippen molar-refractivity contribution >= 4 is 0 Å². The Balaban J connectivity index is 2.49. The van der Waals surface area contributed by atoms with Crippen molar-refractivity contribution in [3.63, 3.8) is 0 Å². The summed E-state index contributed by atoms with van der Waals surface area (Å²) in [7, 11) is 1.68. The predicted octanol–water partition coefficient (Wildman–Crippen LogP) is 2.38. The molecule has 0 spiro atoms. The summed E-state index contributed by atoms with van der Waals surface area (Å²) in [6.07, 6.45) is 2.00. The minimum absolute atomic E-state index is 0.0729. The third-order valence-electron chi connectivity index (χ3n) is 2.68. The summed E-state index contributed by atoms with van der Waals surface area (Å²) in [5.74, 6) is 0.878. The Hall–Kier alpha value is -1.06. The maximum atomic E-state index is 5.92. The van der Waals surface area contributed by atoms with Gasteiger partial charge in [-0.3, -0.25) is 0 Å². The average Bonchev–Trinajstić information content (AvgIpc) is 2.32. The quantitative estimate of drug-likeness (QED) is 0.792. The summed E-state index contributed by atoms with van der Waals surface area (Å²) in [5.41, 5.74) is 7.17. The molecule has 1 aromatic rings. The molecule has 0 aromatic heterocycles. The van der Waals surface area contributed by atoms with Crippen molar-refractivity contribution in [2.75, 3.05) is 13.7 Å². The monoisotopic (exact) mass is 237 g/mol. The van der Waals surface area contributed by atoms with Crippen molar-refractivity contribution in [2.24, 2.45) is 5.73 Å². The molecule has 3 heteroatoms. The van der Waals surface area contributed by atoms with Crippen LogP contribution in [0.3, 0.4) is 0 Å². The number of ether oxygens (including phenoxy) is 2. The smallest absolute Gasteiger partial charge is 0.119 e. The van der Waals surface area contributed by atoms with E-state index in [1.807, 2.05) is 19.1 Å². The second-order valence-corrected chi connectivity index (χ2v) is 4.40. The molecule has 1 aromatic carbocycles. The fourth-order valence-corrected chi connectivity index (χ4v) is 1.65. The first-order chi connectivity index (χ1) is 8.15. The van der Waals surface area contributed by atoms with Crippen molar-refractivity contribution in [3.8, 4) is 5.75 Å². The van der Waals surface area contributed by atoms with Crippen LogP contribution in [0.5, 0.6) is 5.75 Å². The van der Waals surface area contributed by atoms with Gasteiger partial charge in [-0.15, -0.1) is 0 Å². The van der Waals surface area contributed by atoms with E-state index in [2.05, 4.69) is 19.1 Å². The normalized spacial score (nSPS) is 14.4. The Labute approximate surface area is 104 Å². The van der Waals surface area contributed by atoms with Crippen molar-refractivity contribution < 1.29 is 9.47 Å². The van der Waals surface area contributed by atoms with Crippen LogP contribution < -0.4 is 10.5 Å². The molecular formula is C14H23NO2. The van der Waals surface area contributed by atoms with Gasteiger partial charge >= 0.3 is 0 Å². The second-order valence-electron chi connectivity index (χ2n) is 4.40. The van der Waals surface area contributed by atoms with Crippen LogP contribution in [0.25, 0.3) is 0 Å². The maximum Gasteiger partial charge on any atom is 0.119 e. The molecule has 0 saturated carbocycles. The molecule has 96 valence electrons. The number of rotatable bonds is 7. The van der Waals surface area contributed by atoms with Gasteiger partial charge < -0.3 is 15.2 Å². The molecule has 0 radical (unpaired) electrons. The largest absolute Gasteiger partial charge is 0.488 e. The van der Waals surface area contributed by atoms with E-state index in [9.17, 15) is 0 Å². The molecule has 0 amide bonds. The molecule has 0 fully saturated rings. The van der Waals surface area contributed by atoms with Gasteiger partial charge in [0.25, 0.3) is 0 Å². The van der Waals surface area contributed by atoms with Crippen molar-refractivity contribution in [1.82, 2.24) is 0 Å². The third kappa shape index (κ3) is 5.20. The number of benzene rings is 1. The van der Waals surface area contributed by atoms with Gasteiger partial charge in [-0.25, -0.2) is 0 Å². The Kier molecular flexibility index (Phi) is 6.01. The number of nitrogens with two attached hydrogens (primary N) is 1. The van der Waals surface area contributed by atoms with Gasteiger partial charge in [0.05, 0.1) is 6.61 Å². The zero-order chi connectivity index (χ0) is 12.7. The van der Waals surface area contributed by atoms with Crippen LogP contribution in [0.2, 0.25) is 0 Å². The van der Waals surface area contributed by atoms with E-state index in [4.69, 9.17) is 15.2 Å². The van der Waals surface area contributed by atoms with E-state index in [0.29, 0.717) is 6.61 Å². The zero-order valence-corrected chi connectivity index (χ0v) is 11.0. The van der Waals surface area contributed by atoms with Crippen LogP contribution in [0.1, 0.15) is 25.8 Å². The van der Waals surface area contributed by atoms with Crippen molar-refractivity contribution in [2.45, 2.75) is 38.8 Å². The molecule has 0 saturated heterocycles. The number of methoxy groups -OCH3 is 1. The molecule has 2 atom stereocenters. The Morgan fingerprint density at radius 2 is 1.88 bits per heavy atom. The van der Waals surface area contributed by atoms with Crippen LogP contribution >= 0.6 is 0 Å². The Morgan fingerprint density at radius 3 is 2.41 bits per heavy atom. The highest BCUT2D eigenvalue weighted by Gasteiger charge is 2.04. The fourth-order valence-electron chi connectivity index (χ4n) is 1.65. The lowest BCUT2D eigenvalue weighted by Crippen LogP contribution is -2.21. The predicted molar refractivity (Wildman–Crippen MR) is 70.4 cm³/mol. The van der Waals surface area contributed by atoms with Crippen LogP contribution in [-0.2, 0) is 11.2 Å². The van der Waals surface area contributed by atoms with Gasteiger partial charge in [-0.1, -0.05) is 19.1 Å². The van der Waals surface area contributed by atoms with Gasteiger partial charge in [-0.05, 0) is 37.5 Å². The molecule has 0 aliphatic rings. The van der Waals surface area contributed by atoms with Gasteiger partial charge in [0.1, 0.15) is 11.9 Å². The Bertz CT molecular complexity index is 311. The minimum Gasteiger partial charge on any atom is -0.488 e. The lowest BCUT2D eigenvalue weighted by Gasteiger charge is -2.14. The van der Waals surface area contributed by atoms with Gasteiger partial charge in [-0.2, -0.15) is 0 Å². The van der Waals surface area contributed by atoms with Crippen molar-refractivity contribution in [1.29, 1.82) is 0 Å². The molecule has 1 rings (SSSR count). The number of hydrogen-bond acceptors (Lipinski definition) is 3. The molecule has 0 bridgehead atoms. The Morgan fingerprint density at radius 1 is 1.24 bits per heavy atom. The van der Waals surface area contributed by atoms with Crippen LogP contribution in [0.15, 0.2) is 24.3 Å². The summed E-state index contributed by atoms with van der Waals surface area (Å²) in [6.45, 7) is 4.70. The van der Waals surface area contributed by atoms with E-state index >= 15 is 0 Å². The molecular weight excluding hydrogens is 214 g/mol. The minimum atomic E-state index is 0.0729. The molecule has 2 N–H and O–H groups in total. The van der Waals surface area contributed by atoms with Gasteiger partial charge in [0.2, 0.25) is 0 Å². The van der Waals surface area contributed by atoms with Gasteiger partial charge in [0.15, 0.2) is 0 Å². The lowest BCUT2D eigenvalue weighted by molar-refractivity contribution is 0.0921. The average molecular weight is 237 g/mol. The standard InChI is InChI=1S/C14H23NO2/c1-4-13(15)9-12-5-7-14(8-6-12)17-11(2)10-16-3/h5-8,11,13H,4,9-10,15H2,1-3H3. The molecule has 17 heavy (non-hydrogen) atoms. The molecule has 3 nitrogen and oxygen atoms in total. The highest BCUT2D eigenvalue weighted by Crippen LogP contribution is 2.15.